The molecule has 1 saturated heterocycles. The molecule has 1 rings (SSSR count). The van der Waals surface area contributed by atoms with Gasteiger partial charge in [0, 0.05) is 13.1 Å². The van der Waals surface area contributed by atoms with E-state index < -0.39 is 18.0 Å². The highest BCUT2D eigenvalue weighted by molar-refractivity contribution is 5.83. The number of rotatable bonds is 4. The number of carboxylic acid groups (broad SMARTS) is 1. The number of carbonyl (C=O) groups excluding carboxylic acids is 2. The van der Waals surface area contributed by atoms with Gasteiger partial charge >= 0.3 is 18.0 Å². The first-order chi connectivity index (χ1) is 8.49. The van der Waals surface area contributed by atoms with Gasteiger partial charge in [-0.05, 0) is 12.8 Å². The van der Waals surface area contributed by atoms with E-state index in [2.05, 4.69) is 10.1 Å². The number of carbonyl (C=O) groups is 3. The van der Waals surface area contributed by atoms with Crippen molar-refractivity contribution in [1.82, 2.24) is 10.2 Å². The molecular formula is C11H18N2O5. The summed E-state index contributed by atoms with van der Waals surface area (Å²) < 4.78 is 4.61. The number of ether oxygens (including phenoxy) is 1. The lowest BCUT2D eigenvalue weighted by Crippen LogP contribution is -2.47. The number of nitrogens with zero attached hydrogens (tertiary/aromatic N) is 1. The summed E-state index contributed by atoms with van der Waals surface area (Å²) in [6.07, 6.45) is 0.860. The van der Waals surface area contributed by atoms with E-state index in [4.69, 9.17) is 5.11 Å². The van der Waals surface area contributed by atoms with E-state index in [1.807, 2.05) is 0 Å². The van der Waals surface area contributed by atoms with Gasteiger partial charge in [-0.25, -0.2) is 9.59 Å². The zero-order valence-electron chi connectivity index (χ0n) is 10.5. The first-order valence-corrected chi connectivity index (χ1v) is 5.85. The van der Waals surface area contributed by atoms with Crippen LogP contribution in [0, 0.1) is 5.92 Å². The predicted octanol–water partition coefficient (Wildman–Crippen LogP) is 0.0541. The molecule has 102 valence electrons. The number of carboxylic acids is 1. The summed E-state index contributed by atoms with van der Waals surface area (Å²) in [6, 6.07) is -1.34. The topological polar surface area (TPSA) is 95.9 Å². The van der Waals surface area contributed by atoms with Gasteiger partial charge in [-0.15, -0.1) is 0 Å². The highest BCUT2D eigenvalue weighted by Gasteiger charge is 2.32. The van der Waals surface area contributed by atoms with Gasteiger partial charge in [-0.3, -0.25) is 4.79 Å². The molecule has 7 heteroatoms. The summed E-state index contributed by atoms with van der Waals surface area (Å²) in [4.78, 5) is 35.3. The molecule has 2 unspecified atom stereocenters. The Hall–Kier alpha value is -1.79. The summed E-state index contributed by atoms with van der Waals surface area (Å²) >= 11 is 0. The third kappa shape index (κ3) is 3.35. The van der Waals surface area contributed by atoms with Crippen molar-refractivity contribution >= 4 is 18.0 Å². The summed E-state index contributed by atoms with van der Waals surface area (Å²) in [5, 5.41) is 11.3. The monoisotopic (exact) mass is 258 g/mol. The normalized spacial score (nSPS) is 20.3. The quantitative estimate of drug-likeness (QED) is 0.695. The van der Waals surface area contributed by atoms with Crippen molar-refractivity contribution in [3.8, 4) is 0 Å². The molecule has 0 radical (unpaired) electrons. The van der Waals surface area contributed by atoms with Crippen molar-refractivity contribution in [2.45, 2.75) is 25.8 Å². The molecule has 2 N–H and O–H groups in total. The van der Waals surface area contributed by atoms with E-state index in [1.54, 1.807) is 6.92 Å². The van der Waals surface area contributed by atoms with E-state index >= 15 is 0 Å². The van der Waals surface area contributed by atoms with Gasteiger partial charge in [0.2, 0.25) is 0 Å². The fraction of sp³-hybridized carbons (Fsp3) is 0.727. The Morgan fingerprint density at radius 3 is 2.67 bits per heavy atom. The molecule has 1 aliphatic heterocycles. The predicted molar refractivity (Wildman–Crippen MR) is 61.9 cm³/mol. The van der Waals surface area contributed by atoms with E-state index in [9.17, 15) is 14.4 Å². The molecule has 1 aliphatic rings. The lowest BCUT2D eigenvalue weighted by molar-refractivity contribution is -0.145. The highest BCUT2D eigenvalue weighted by Crippen LogP contribution is 2.17. The van der Waals surface area contributed by atoms with Crippen LogP contribution >= 0.6 is 0 Å². The first-order valence-electron chi connectivity index (χ1n) is 5.85. The van der Waals surface area contributed by atoms with Crippen molar-refractivity contribution in [1.29, 1.82) is 0 Å². The minimum atomic E-state index is -1.06. The van der Waals surface area contributed by atoms with E-state index in [0.29, 0.717) is 19.4 Å². The number of urea groups is 1. The zero-order chi connectivity index (χ0) is 13.7. The van der Waals surface area contributed by atoms with Gasteiger partial charge < -0.3 is 20.1 Å². The number of amides is 2. The number of aliphatic carboxylic acids is 1. The average molecular weight is 258 g/mol. The van der Waals surface area contributed by atoms with Crippen LogP contribution in [-0.2, 0) is 14.3 Å². The molecule has 2 amide bonds. The summed E-state index contributed by atoms with van der Waals surface area (Å²) in [5.74, 6) is -1.71. The average Bonchev–Trinajstić information content (AvgIpc) is 2.83. The Balaban J connectivity index is 2.49. The molecule has 1 fully saturated rings. The molecule has 1 heterocycles. The molecular weight excluding hydrogens is 240 g/mol. The minimum Gasteiger partial charge on any atom is -0.480 e. The third-order valence-corrected chi connectivity index (χ3v) is 3.01. The standard InChI is InChI=1S/C11H18N2O5/c1-3-8(9(14)15)12-11(17)13-5-4-7(6-13)10(16)18-2/h7-8H,3-6H2,1-2H3,(H,12,17)(H,14,15). The Labute approximate surface area is 105 Å². The third-order valence-electron chi connectivity index (χ3n) is 3.01. The van der Waals surface area contributed by atoms with Crippen molar-refractivity contribution in [3.05, 3.63) is 0 Å². The molecule has 0 aromatic carbocycles. The van der Waals surface area contributed by atoms with Crippen molar-refractivity contribution in [3.63, 3.8) is 0 Å². The van der Waals surface area contributed by atoms with Crippen molar-refractivity contribution < 1.29 is 24.2 Å². The van der Waals surface area contributed by atoms with Crippen LogP contribution in [0.3, 0.4) is 0 Å². The molecule has 18 heavy (non-hydrogen) atoms. The maximum Gasteiger partial charge on any atom is 0.326 e. The maximum absolute atomic E-state index is 11.8. The Bertz CT molecular complexity index is 344. The number of hydrogen-bond donors (Lipinski definition) is 2. The number of methoxy groups -OCH3 is 1. The van der Waals surface area contributed by atoms with Crippen LogP contribution in [0.1, 0.15) is 19.8 Å². The van der Waals surface area contributed by atoms with Gasteiger partial charge in [-0.2, -0.15) is 0 Å². The second-order valence-corrected chi connectivity index (χ2v) is 4.20. The Kier molecular flexibility index (Phi) is 4.94. The molecule has 0 bridgehead atoms. The second-order valence-electron chi connectivity index (χ2n) is 4.20. The Morgan fingerprint density at radius 2 is 2.17 bits per heavy atom. The van der Waals surface area contributed by atoms with E-state index in [-0.39, 0.29) is 18.4 Å². The van der Waals surface area contributed by atoms with Crippen LogP contribution in [0.15, 0.2) is 0 Å². The summed E-state index contributed by atoms with van der Waals surface area (Å²) in [5.41, 5.74) is 0. The molecule has 0 spiro atoms. The zero-order valence-corrected chi connectivity index (χ0v) is 10.5. The van der Waals surface area contributed by atoms with Gasteiger partial charge in [0.25, 0.3) is 0 Å². The van der Waals surface area contributed by atoms with Crippen LogP contribution in [-0.4, -0.2) is 54.2 Å². The number of hydrogen-bond acceptors (Lipinski definition) is 4. The van der Waals surface area contributed by atoms with E-state index in [0.717, 1.165) is 0 Å². The fourth-order valence-corrected chi connectivity index (χ4v) is 1.88. The molecule has 2 atom stereocenters. The molecule has 0 aromatic heterocycles. The lowest BCUT2D eigenvalue weighted by atomic mass is 10.1. The van der Waals surface area contributed by atoms with Gasteiger partial charge in [0.15, 0.2) is 0 Å². The van der Waals surface area contributed by atoms with Crippen molar-refractivity contribution in [2.24, 2.45) is 5.92 Å². The minimum absolute atomic E-state index is 0.272. The van der Waals surface area contributed by atoms with Crippen molar-refractivity contribution in [2.75, 3.05) is 20.2 Å². The highest BCUT2D eigenvalue weighted by atomic mass is 16.5. The van der Waals surface area contributed by atoms with Crippen LogP contribution in [0.2, 0.25) is 0 Å². The van der Waals surface area contributed by atoms with E-state index in [1.165, 1.54) is 12.0 Å². The SMILES string of the molecule is CCC(NC(=O)N1CCC(C(=O)OC)C1)C(=O)O. The molecule has 7 nitrogen and oxygen atoms in total. The lowest BCUT2D eigenvalue weighted by Gasteiger charge is -2.20. The molecule has 0 aromatic rings. The second kappa shape index (κ2) is 6.23. The number of likely N-dealkylation sites (tertiary alicyclic amines) is 1. The van der Waals surface area contributed by atoms with Crippen LogP contribution in [0.25, 0.3) is 0 Å². The van der Waals surface area contributed by atoms with Crippen LogP contribution in [0.5, 0.6) is 0 Å². The number of nitrogens with one attached hydrogen (secondary N) is 1. The van der Waals surface area contributed by atoms with Crippen LogP contribution in [0.4, 0.5) is 4.79 Å². The first kappa shape index (κ1) is 14.3. The number of esters is 1. The molecule has 0 saturated carbocycles. The van der Waals surface area contributed by atoms with Crippen LogP contribution < -0.4 is 5.32 Å². The Morgan fingerprint density at radius 1 is 1.50 bits per heavy atom. The fourth-order valence-electron chi connectivity index (χ4n) is 1.88. The maximum atomic E-state index is 11.8. The summed E-state index contributed by atoms with van der Waals surface area (Å²) in [6.45, 7) is 2.39. The largest absolute Gasteiger partial charge is 0.480 e. The van der Waals surface area contributed by atoms with Gasteiger partial charge in [0.1, 0.15) is 6.04 Å². The summed E-state index contributed by atoms with van der Waals surface area (Å²) in [7, 11) is 1.31. The molecule has 0 aliphatic carbocycles. The van der Waals surface area contributed by atoms with Gasteiger partial charge in [0.05, 0.1) is 13.0 Å². The smallest absolute Gasteiger partial charge is 0.326 e. The van der Waals surface area contributed by atoms with Gasteiger partial charge in [-0.1, -0.05) is 6.92 Å².